The van der Waals surface area contributed by atoms with Gasteiger partial charge in [-0.3, -0.25) is 0 Å². The molecule has 5 aromatic rings. The summed E-state index contributed by atoms with van der Waals surface area (Å²) >= 11 is 0. The van der Waals surface area contributed by atoms with Crippen molar-refractivity contribution in [2.24, 2.45) is 0 Å². The Labute approximate surface area is 222 Å². The van der Waals surface area contributed by atoms with E-state index in [4.69, 9.17) is 4.74 Å². The number of nitrogens with zero attached hydrogens (tertiary/aromatic N) is 2. The third-order valence-electron chi connectivity index (χ3n) is 6.50. The van der Waals surface area contributed by atoms with Gasteiger partial charge in [-0.15, -0.1) is 0 Å². The molecule has 0 aliphatic carbocycles. The van der Waals surface area contributed by atoms with Crippen molar-refractivity contribution in [3.05, 3.63) is 108 Å². The molecule has 0 bridgehead atoms. The molecule has 7 nitrogen and oxygen atoms in total. The van der Waals surface area contributed by atoms with E-state index in [0.29, 0.717) is 17.0 Å². The number of para-hydroxylation sites is 1. The Morgan fingerprint density at radius 1 is 0.895 bits per heavy atom. The first-order valence-electron chi connectivity index (χ1n) is 12.5. The Morgan fingerprint density at radius 2 is 1.58 bits per heavy atom. The Balaban J connectivity index is 1.33. The number of benzene rings is 4. The van der Waals surface area contributed by atoms with Crippen molar-refractivity contribution in [2.45, 2.75) is 19.6 Å². The number of sulfonamides is 1. The number of hydrogen-bond donors (Lipinski definition) is 2. The summed E-state index contributed by atoms with van der Waals surface area (Å²) in [5.41, 5.74) is 7.58. The van der Waals surface area contributed by atoms with Crippen molar-refractivity contribution in [3.8, 4) is 5.75 Å². The lowest BCUT2D eigenvalue weighted by Gasteiger charge is -2.23. The van der Waals surface area contributed by atoms with Crippen LogP contribution in [0.3, 0.4) is 0 Å². The first kappa shape index (κ1) is 25.8. The largest absolute Gasteiger partial charge is 0.492 e. The van der Waals surface area contributed by atoms with E-state index in [0.717, 1.165) is 33.6 Å². The van der Waals surface area contributed by atoms with Gasteiger partial charge >= 0.3 is 0 Å². The summed E-state index contributed by atoms with van der Waals surface area (Å²) in [6, 6.07) is 31.5. The normalized spacial score (nSPS) is 12.6. The maximum Gasteiger partial charge on any atom is 0.245 e. The van der Waals surface area contributed by atoms with Crippen molar-refractivity contribution in [2.75, 3.05) is 23.8 Å². The molecule has 1 aromatic heterocycles. The molecule has 5 rings (SSSR count). The minimum atomic E-state index is -3.57. The molecular weight excluding hydrogens is 498 g/mol. The highest BCUT2D eigenvalue weighted by Gasteiger charge is 2.18. The third-order valence-corrected chi connectivity index (χ3v) is 7.50. The Bertz CT molecular complexity index is 1650. The van der Waals surface area contributed by atoms with Crippen molar-refractivity contribution in [3.63, 3.8) is 0 Å². The molecule has 0 radical (unpaired) electrons. The number of anilines is 1. The summed E-state index contributed by atoms with van der Waals surface area (Å²) in [5.74, 6) is 0.712. The number of hydrazine groups is 1. The van der Waals surface area contributed by atoms with E-state index >= 15 is 0 Å². The molecule has 0 spiro atoms. The molecule has 0 aliphatic rings. The monoisotopic (exact) mass is 529 g/mol. The second kappa shape index (κ2) is 10.9. The van der Waals surface area contributed by atoms with Crippen LogP contribution in [0, 0.1) is 0 Å². The summed E-state index contributed by atoms with van der Waals surface area (Å²) in [7, 11) is -3.57. The average Bonchev–Trinajstić information content (AvgIpc) is 3.21. The molecule has 196 valence electrons. The first-order valence-corrected chi connectivity index (χ1v) is 14.4. The highest BCUT2D eigenvalue weighted by Crippen LogP contribution is 2.32. The number of ether oxygens (including phenoxy) is 1. The van der Waals surface area contributed by atoms with Crippen LogP contribution >= 0.6 is 0 Å². The van der Waals surface area contributed by atoms with Gasteiger partial charge in [0.15, 0.2) is 0 Å². The molecule has 4 aromatic carbocycles. The number of nitrogens with one attached hydrogen (secondary N) is 1. The lowest BCUT2D eigenvalue weighted by atomic mass is 10.1. The van der Waals surface area contributed by atoms with Gasteiger partial charge in [0.25, 0.3) is 0 Å². The number of aromatic nitrogens is 1. The van der Waals surface area contributed by atoms with Crippen LogP contribution in [0.1, 0.15) is 24.2 Å². The molecule has 1 heterocycles. The van der Waals surface area contributed by atoms with Gasteiger partial charge in [0.2, 0.25) is 10.0 Å². The number of rotatable bonds is 10. The summed E-state index contributed by atoms with van der Waals surface area (Å²) in [6.07, 6.45) is 0.518. The van der Waals surface area contributed by atoms with Crippen LogP contribution in [0.25, 0.3) is 21.8 Å². The van der Waals surface area contributed by atoms with Crippen LogP contribution in [0.15, 0.2) is 97.1 Å². The lowest BCUT2D eigenvalue weighted by molar-refractivity contribution is 0.199. The SMILES string of the molecule is C[C@@H](O)c1ccc(N(NCCOc2ccc3c4ccccc4n(Cc4ccccc4)c3c2)S(C)(=O)=O)cc1. The second-order valence-electron chi connectivity index (χ2n) is 9.32. The Kier molecular flexibility index (Phi) is 7.37. The predicted molar refractivity (Wildman–Crippen MR) is 153 cm³/mol. The fourth-order valence-corrected chi connectivity index (χ4v) is 5.49. The van der Waals surface area contributed by atoms with E-state index < -0.39 is 16.1 Å². The maximum atomic E-state index is 12.4. The summed E-state index contributed by atoms with van der Waals surface area (Å²) in [4.78, 5) is 0. The van der Waals surface area contributed by atoms with Crippen LogP contribution in [0.2, 0.25) is 0 Å². The topological polar surface area (TPSA) is 83.8 Å². The first-order chi connectivity index (χ1) is 18.3. The van der Waals surface area contributed by atoms with E-state index in [-0.39, 0.29) is 13.2 Å². The molecule has 0 unspecified atom stereocenters. The predicted octanol–water partition coefficient (Wildman–Crippen LogP) is 5.25. The minimum absolute atomic E-state index is 0.266. The summed E-state index contributed by atoms with van der Waals surface area (Å²) in [6.45, 7) is 2.95. The standard InChI is InChI=1S/C30H31N3O4S/c1-22(34)24-12-14-25(15-13-24)33(38(2,35)36)31-18-19-37-26-16-17-28-27-10-6-7-11-29(27)32(30(28)20-26)21-23-8-4-3-5-9-23/h3-17,20,22,31,34H,18-19,21H2,1-2H3/t22-/m1/s1. The molecule has 0 amide bonds. The van der Waals surface area contributed by atoms with E-state index in [2.05, 4.69) is 52.5 Å². The zero-order valence-electron chi connectivity index (χ0n) is 21.4. The number of hydrogen-bond acceptors (Lipinski definition) is 5. The molecular formula is C30H31N3O4S. The molecule has 1 atom stereocenters. The molecule has 0 fully saturated rings. The fourth-order valence-electron chi connectivity index (χ4n) is 4.66. The van der Waals surface area contributed by atoms with Gasteiger partial charge in [-0.25, -0.2) is 18.3 Å². The zero-order chi connectivity index (χ0) is 26.7. The van der Waals surface area contributed by atoms with Crippen molar-refractivity contribution < 1.29 is 18.3 Å². The van der Waals surface area contributed by atoms with Gasteiger partial charge in [-0.1, -0.05) is 60.7 Å². The highest BCUT2D eigenvalue weighted by atomic mass is 32.2. The summed E-state index contributed by atoms with van der Waals surface area (Å²) in [5, 5.41) is 12.1. The van der Waals surface area contributed by atoms with Crippen LogP contribution in [0.4, 0.5) is 5.69 Å². The van der Waals surface area contributed by atoms with E-state index in [9.17, 15) is 13.5 Å². The smallest absolute Gasteiger partial charge is 0.245 e. The summed E-state index contributed by atoms with van der Waals surface area (Å²) < 4.78 is 34.3. The quantitative estimate of drug-likeness (QED) is 0.191. The molecule has 2 N–H and O–H groups in total. The van der Waals surface area contributed by atoms with Crippen LogP contribution < -0.4 is 14.6 Å². The fraction of sp³-hybridized carbons (Fsp3) is 0.200. The van der Waals surface area contributed by atoms with E-state index in [1.165, 1.54) is 10.9 Å². The molecule has 0 aliphatic heterocycles. The molecule has 0 saturated carbocycles. The lowest BCUT2D eigenvalue weighted by Crippen LogP contribution is -2.44. The zero-order valence-corrected chi connectivity index (χ0v) is 22.2. The number of aliphatic hydroxyl groups excluding tert-OH is 1. The van der Waals surface area contributed by atoms with Gasteiger partial charge in [0.1, 0.15) is 12.4 Å². The van der Waals surface area contributed by atoms with Crippen molar-refractivity contribution in [1.82, 2.24) is 9.99 Å². The van der Waals surface area contributed by atoms with Gasteiger partial charge in [-0.05, 0) is 48.4 Å². The Hall–Kier alpha value is -3.85. The van der Waals surface area contributed by atoms with Crippen LogP contribution in [-0.4, -0.2) is 37.5 Å². The van der Waals surface area contributed by atoms with E-state index in [1.54, 1.807) is 31.2 Å². The van der Waals surface area contributed by atoms with Crippen LogP contribution in [-0.2, 0) is 16.6 Å². The third kappa shape index (κ3) is 5.52. The van der Waals surface area contributed by atoms with Gasteiger partial charge in [0.05, 0.1) is 30.1 Å². The van der Waals surface area contributed by atoms with E-state index in [1.807, 2.05) is 30.3 Å². The average molecular weight is 530 g/mol. The van der Waals surface area contributed by atoms with Crippen LogP contribution in [0.5, 0.6) is 5.75 Å². The molecule has 8 heteroatoms. The number of fused-ring (bicyclic) bond motifs is 3. The van der Waals surface area contributed by atoms with Crippen molar-refractivity contribution in [1.29, 1.82) is 0 Å². The van der Waals surface area contributed by atoms with Gasteiger partial charge < -0.3 is 14.4 Å². The Morgan fingerprint density at radius 3 is 2.29 bits per heavy atom. The van der Waals surface area contributed by atoms with Gasteiger partial charge in [0, 0.05) is 28.9 Å². The minimum Gasteiger partial charge on any atom is -0.492 e. The number of aliphatic hydroxyl groups is 1. The van der Waals surface area contributed by atoms with Gasteiger partial charge in [-0.2, -0.15) is 0 Å². The molecule has 0 saturated heterocycles. The second-order valence-corrected chi connectivity index (χ2v) is 11.2. The molecule has 38 heavy (non-hydrogen) atoms. The van der Waals surface area contributed by atoms with Crippen molar-refractivity contribution >= 4 is 37.5 Å². The highest BCUT2D eigenvalue weighted by molar-refractivity contribution is 7.92. The maximum absolute atomic E-state index is 12.4.